The molecule has 0 fully saturated rings. The number of amides is 1. The SMILES string of the molecule is COC(=O)Oc1ccc2c(C(=Nc3cc(C(=O)N(C)CCN(C)C)n(C)c3)c3ccccc3)c(O)[nH]c2c1. The van der Waals surface area contributed by atoms with E-state index in [2.05, 4.69) is 9.72 Å². The maximum atomic E-state index is 13.1. The maximum absolute atomic E-state index is 13.1. The molecular weight excluding hydrogens is 486 g/mol. The minimum Gasteiger partial charge on any atom is -0.494 e. The summed E-state index contributed by atoms with van der Waals surface area (Å²) in [6.07, 6.45) is 0.943. The summed E-state index contributed by atoms with van der Waals surface area (Å²) in [7, 11) is 8.74. The Morgan fingerprint density at radius 2 is 1.79 bits per heavy atom. The first-order valence-electron chi connectivity index (χ1n) is 12.0. The topological polar surface area (TPSA) is 112 Å². The third-order valence-electron chi connectivity index (χ3n) is 6.08. The van der Waals surface area contributed by atoms with E-state index >= 15 is 0 Å². The van der Waals surface area contributed by atoms with Gasteiger partial charge in [-0.15, -0.1) is 0 Å². The summed E-state index contributed by atoms with van der Waals surface area (Å²) in [6.45, 7) is 1.35. The molecule has 0 aliphatic carbocycles. The van der Waals surface area contributed by atoms with Crippen molar-refractivity contribution in [3.05, 3.63) is 77.6 Å². The number of hydrogen-bond donors (Lipinski definition) is 2. The summed E-state index contributed by atoms with van der Waals surface area (Å²) in [5.74, 6) is 0.0681. The van der Waals surface area contributed by atoms with Gasteiger partial charge in [0.1, 0.15) is 11.4 Å². The lowest BCUT2D eigenvalue weighted by Crippen LogP contribution is -2.34. The van der Waals surface area contributed by atoms with E-state index < -0.39 is 6.16 Å². The fourth-order valence-corrected chi connectivity index (χ4v) is 4.06. The standard InChI is InChI=1S/C28H31N5O5/c1-31(2)13-14-32(3)27(35)23-15-19(17-33(23)4)29-25(18-9-7-6-8-10-18)24-21-12-11-20(38-28(36)37-5)16-22(21)30-26(24)34/h6-12,15-17,30,34H,13-14H2,1-5H3. The molecule has 0 spiro atoms. The van der Waals surface area contributed by atoms with Crippen molar-refractivity contribution in [1.82, 2.24) is 19.4 Å². The Labute approximate surface area is 220 Å². The highest BCUT2D eigenvalue weighted by Gasteiger charge is 2.21. The number of methoxy groups -OCH3 is 1. The van der Waals surface area contributed by atoms with Crippen molar-refractivity contribution in [1.29, 1.82) is 0 Å². The second-order valence-corrected chi connectivity index (χ2v) is 9.16. The predicted octanol–water partition coefficient (Wildman–Crippen LogP) is 4.16. The highest BCUT2D eigenvalue weighted by atomic mass is 16.7. The predicted molar refractivity (Wildman–Crippen MR) is 146 cm³/mol. The number of aromatic nitrogens is 2. The second kappa shape index (κ2) is 11.2. The van der Waals surface area contributed by atoms with Crippen LogP contribution in [0.2, 0.25) is 0 Å². The summed E-state index contributed by atoms with van der Waals surface area (Å²) in [5, 5.41) is 11.6. The van der Waals surface area contributed by atoms with Crippen LogP contribution in [0.25, 0.3) is 10.9 Å². The summed E-state index contributed by atoms with van der Waals surface area (Å²) in [4.78, 5) is 36.1. The van der Waals surface area contributed by atoms with Crippen LogP contribution in [0.5, 0.6) is 11.6 Å². The van der Waals surface area contributed by atoms with Crippen LogP contribution < -0.4 is 4.74 Å². The Bertz CT molecular complexity index is 1490. The van der Waals surface area contributed by atoms with Crippen LogP contribution >= 0.6 is 0 Å². The minimum atomic E-state index is -0.839. The van der Waals surface area contributed by atoms with Crippen molar-refractivity contribution in [2.24, 2.45) is 12.0 Å². The molecule has 198 valence electrons. The summed E-state index contributed by atoms with van der Waals surface area (Å²) < 4.78 is 11.4. The highest BCUT2D eigenvalue weighted by Crippen LogP contribution is 2.33. The number of carbonyl (C=O) groups excluding carboxylic acids is 2. The summed E-state index contributed by atoms with van der Waals surface area (Å²) >= 11 is 0. The Hall–Kier alpha value is -4.57. The van der Waals surface area contributed by atoms with Gasteiger partial charge in [-0.2, -0.15) is 0 Å². The molecule has 38 heavy (non-hydrogen) atoms. The van der Waals surface area contributed by atoms with Crippen molar-refractivity contribution >= 4 is 34.4 Å². The quantitative estimate of drug-likeness (QED) is 0.206. The number of benzene rings is 2. The van der Waals surface area contributed by atoms with Crippen molar-refractivity contribution < 1.29 is 24.2 Å². The summed E-state index contributed by atoms with van der Waals surface area (Å²) in [5.41, 5.74) is 3.39. The number of H-pyrrole nitrogens is 1. The monoisotopic (exact) mass is 517 g/mol. The molecule has 0 aliphatic heterocycles. The molecule has 10 heteroatoms. The third kappa shape index (κ3) is 5.70. The zero-order valence-corrected chi connectivity index (χ0v) is 22.1. The number of aromatic amines is 1. The molecule has 0 bridgehead atoms. The van der Waals surface area contributed by atoms with Crippen LogP contribution in [0.1, 0.15) is 21.6 Å². The van der Waals surface area contributed by atoms with Crippen LogP contribution in [0, 0.1) is 0 Å². The van der Waals surface area contributed by atoms with Crippen LogP contribution in [0.3, 0.4) is 0 Å². The molecule has 2 aromatic heterocycles. The maximum Gasteiger partial charge on any atom is 0.513 e. The van der Waals surface area contributed by atoms with E-state index in [9.17, 15) is 14.7 Å². The number of fused-ring (bicyclic) bond motifs is 1. The fourth-order valence-electron chi connectivity index (χ4n) is 4.06. The average Bonchev–Trinajstić information content (AvgIpc) is 3.43. The zero-order chi connectivity index (χ0) is 27.4. The van der Waals surface area contributed by atoms with Gasteiger partial charge >= 0.3 is 6.16 Å². The average molecular weight is 518 g/mol. The van der Waals surface area contributed by atoms with Gasteiger partial charge in [0.2, 0.25) is 0 Å². The van der Waals surface area contributed by atoms with Crippen LogP contribution in [0.15, 0.2) is 65.8 Å². The van der Waals surface area contributed by atoms with E-state index in [4.69, 9.17) is 9.73 Å². The molecule has 0 radical (unpaired) electrons. The number of nitrogens with zero attached hydrogens (tertiary/aromatic N) is 4. The Morgan fingerprint density at radius 3 is 2.47 bits per heavy atom. The zero-order valence-electron chi connectivity index (χ0n) is 22.1. The van der Waals surface area contributed by atoms with Crippen molar-refractivity contribution in [3.8, 4) is 11.6 Å². The van der Waals surface area contributed by atoms with Gasteiger partial charge in [-0.05, 0) is 32.3 Å². The molecular formula is C28H31N5O5. The first-order chi connectivity index (χ1) is 18.2. The molecule has 4 rings (SSSR count). The third-order valence-corrected chi connectivity index (χ3v) is 6.08. The lowest BCUT2D eigenvalue weighted by Gasteiger charge is -2.19. The molecule has 0 atom stereocenters. The first-order valence-corrected chi connectivity index (χ1v) is 12.0. The number of aliphatic imine (C=N–C) groups is 1. The first kappa shape index (κ1) is 26.5. The summed E-state index contributed by atoms with van der Waals surface area (Å²) in [6, 6.07) is 16.2. The lowest BCUT2D eigenvalue weighted by atomic mass is 10.0. The Kier molecular flexibility index (Phi) is 7.82. The van der Waals surface area contributed by atoms with E-state index in [0.29, 0.717) is 40.1 Å². The number of aromatic hydroxyl groups is 1. The smallest absolute Gasteiger partial charge is 0.494 e. The van der Waals surface area contributed by atoms with Crippen LogP contribution in [-0.4, -0.2) is 83.6 Å². The normalized spacial score (nSPS) is 11.7. The van der Waals surface area contributed by atoms with Crippen molar-refractivity contribution in [2.75, 3.05) is 41.3 Å². The van der Waals surface area contributed by atoms with Gasteiger partial charge in [-0.3, -0.25) is 4.79 Å². The van der Waals surface area contributed by atoms with E-state index in [1.165, 1.54) is 7.11 Å². The number of likely N-dealkylation sites (N-methyl/N-ethyl adjacent to an activating group) is 2. The van der Waals surface area contributed by atoms with E-state index in [-0.39, 0.29) is 17.5 Å². The second-order valence-electron chi connectivity index (χ2n) is 9.16. The molecule has 2 aromatic carbocycles. The Balaban J connectivity index is 1.77. The van der Waals surface area contributed by atoms with E-state index in [0.717, 1.165) is 12.1 Å². The van der Waals surface area contributed by atoms with Crippen molar-refractivity contribution in [3.63, 3.8) is 0 Å². The van der Waals surface area contributed by atoms with Gasteiger partial charge in [0.15, 0.2) is 5.88 Å². The number of rotatable bonds is 8. The molecule has 4 aromatic rings. The fraction of sp³-hybridized carbons (Fsp3) is 0.250. The molecule has 0 aliphatic rings. The Morgan fingerprint density at radius 1 is 1.05 bits per heavy atom. The molecule has 0 saturated carbocycles. The molecule has 10 nitrogen and oxygen atoms in total. The van der Waals surface area contributed by atoms with Gasteiger partial charge in [0.25, 0.3) is 5.91 Å². The minimum absolute atomic E-state index is 0.0894. The van der Waals surface area contributed by atoms with Gasteiger partial charge in [0.05, 0.1) is 29.6 Å². The number of carbonyl (C=O) groups is 2. The number of hydrogen-bond acceptors (Lipinski definition) is 7. The molecule has 0 unspecified atom stereocenters. The number of nitrogens with one attached hydrogen (secondary N) is 1. The number of ether oxygens (including phenoxy) is 2. The lowest BCUT2D eigenvalue weighted by molar-refractivity contribution is 0.0776. The van der Waals surface area contributed by atoms with E-state index in [1.54, 1.807) is 54.0 Å². The molecule has 1 amide bonds. The molecule has 0 saturated heterocycles. The highest BCUT2D eigenvalue weighted by molar-refractivity contribution is 6.22. The van der Waals surface area contributed by atoms with Crippen LogP contribution in [0.4, 0.5) is 10.5 Å². The van der Waals surface area contributed by atoms with Crippen molar-refractivity contribution in [2.45, 2.75) is 0 Å². The molecule has 2 N–H and O–H groups in total. The molecule has 2 heterocycles. The van der Waals surface area contributed by atoms with E-state index in [1.807, 2.05) is 49.3 Å². The van der Waals surface area contributed by atoms with Gasteiger partial charge < -0.3 is 33.9 Å². The number of aryl methyl sites for hydroxylation is 1. The van der Waals surface area contributed by atoms with Crippen LogP contribution in [-0.2, 0) is 11.8 Å². The largest absolute Gasteiger partial charge is 0.513 e. The van der Waals surface area contributed by atoms with Gasteiger partial charge in [0, 0.05) is 50.4 Å². The van der Waals surface area contributed by atoms with Gasteiger partial charge in [-0.1, -0.05) is 30.3 Å². The van der Waals surface area contributed by atoms with Gasteiger partial charge in [-0.25, -0.2) is 9.79 Å².